The Balaban J connectivity index is 2.24. The third kappa shape index (κ3) is 3.26. The van der Waals surface area contributed by atoms with Crippen molar-refractivity contribution in [3.8, 4) is 0 Å². The molecule has 1 aliphatic carbocycles. The number of hydrogen-bond donors (Lipinski definition) is 1. The van der Waals surface area contributed by atoms with Gasteiger partial charge < -0.3 is 10.0 Å². The summed E-state index contributed by atoms with van der Waals surface area (Å²) in [6.45, 7) is 6.25. The summed E-state index contributed by atoms with van der Waals surface area (Å²) in [5, 5.41) is 15.6. The molecule has 1 aliphatic rings. The number of halogens is 1. The summed E-state index contributed by atoms with van der Waals surface area (Å²) in [5.74, 6) is 1.23. The Bertz CT molecular complexity index is 460. The topological polar surface area (TPSA) is 41.3 Å². The van der Waals surface area contributed by atoms with Crippen molar-refractivity contribution in [3.63, 3.8) is 0 Å². The van der Waals surface area contributed by atoms with E-state index in [9.17, 15) is 5.11 Å². The van der Waals surface area contributed by atoms with E-state index in [0.29, 0.717) is 11.8 Å². The fraction of sp³-hybridized carbons (Fsp3) is 0.800. The van der Waals surface area contributed by atoms with Crippen molar-refractivity contribution in [1.82, 2.24) is 14.7 Å². The van der Waals surface area contributed by atoms with Gasteiger partial charge in [0.1, 0.15) is 5.60 Å². The van der Waals surface area contributed by atoms with Gasteiger partial charge >= 0.3 is 0 Å². The quantitative estimate of drug-likeness (QED) is 0.913. The SMILES string of the molecule is CC1CCC(O)(c2c(Br)cnn2CCN(C)C)CC1C. The van der Waals surface area contributed by atoms with Gasteiger partial charge in [-0.25, -0.2) is 0 Å². The van der Waals surface area contributed by atoms with E-state index in [1.54, 1.807) is 0 Å². The number of aromatic nitrogens is 2. The van der Waals surface area contributed by atoms with Crippen molar-refractivity contribution >= 4 is 15.9 Å². The van der Waals surface area contributed by atoms with E-state index in [0.717, 1.165) is 42.5 Å². The molecule has 3 unspecified atom stereocenters. The van der Waals surface area contributed by atoms with Gasteiger partial charge in [0.15, 0.2) is 0 Å². The van der Waals surface area contributed by atoms with Crippen LogP contribution < -0.4 is 0 Å². The molecule has 0 bridgehead atoms. The fourth-order valence-corrected chi connectivity index (χ4v) is 3.76. The third-order valence-electron chi connectivity index (χ3n) is 4.64. The van der Waals surface area contributed by atoms with E-state index in [-0.39, 0.29) is 0 Å². The highest BCUT2D eigenvalue weighted by Crippen LogP contribution is 2.44. The predicted molar refractivity (Wildman–Crippen MR) is 84.6 cm³/mol. The maximum absolute atomic E-state index is 11.1. The van der Waals surface area contributed by atoms with Crippen molar-refractivity contribution in [2.75, 3.05) is 20.6 Å². The second-order valence-electron chi connectivity index (χ2n) is 6.60. The molecule has 3 atom stereocenters. The highest BCUT2D eigenvalue weighted by Gasteiger charge is 2.41. The Morgan fingerprint density at radius 1 is 1.45 bits per heavy atom. The van der Waals surface area contributed by atoms with Crippen LogP contribution in [0.2, 0.25) is 0 Å². The van der Waals surface area contributed by atoms with Gasteiger partial charge in [0.2, 0.25) is 0 Å². The number of aliphatic hydroxyl groups is 1. The van der Waals surface area contributed by atoms with Gasteiger partial charge in [0, 0.05) is 6.54 Å². The average Bonchev–Trinajstić information content (AvgIpc) is 2.74. The Morgan fingerprint density at radius 3 is 2.75 bits per heavy atom. The number of hydrogen-bond acceptors (Lipinski definition) is 3. The predicted octanol–water partition coefficient (Wildman–Crippen LogP) is 2.85. The van der Waals surface area contributed by atoms with Gasteiger partial charge in [-0.15, -0.1) is 0 Å². The first-order chi connectivity index (χ1) is 9.33. The van der Waals surface area contributed by atoms with Gasteiger partial charge in [-0.2, -0.15) is 5.10 Å². The van der Waals surface area contributed by atoms with Crippen LogP contribution >= 0.6 is 15.9 Å². The highest BCUT2D eigenvalue weighted by molar-refractivity contribution is 9.10. The molecule has 5 heteroatoms. The molecule has 114 valence electrons. The zero-order chi connectivity index (χ0) is 14.9. The van der Waals surface area contributed by atoms with Gasteiger partial charge in [-0.05, 0) is 61.1 Å². The summed E-state index contributed by atoms with van der Waals surface area (Å²) in [5.41, 5.74) is 0.214. The number of nitrogens with zero attached hydrogens (tertiary/aromatic N) is 3. The molecule has 1 aromatic rings. The molecule has 0 radical (unpaired) electrons. The zero-order valence-corrected chi connectivity index (χ0v) is 14.5. The first-order valence-electron chi connectivity index (χ1n) is 7.42. The molecule has 0 aliphatic heterocycles. The normalized spacial score (nSPS) is 30.9. The van der Waals surface area contributed by atoms with E-state index in [1.165, 1.54) is 0 Å². The second-order valence-corrected chi connectivity index (χ2v) is 7.45. The minimum Gasteiger partial charge on any atom is -0.384 e. The van der Waals surface area contributed by atoms with E-state index in [2.05, 4.69) is 53.9 Å². The van der Waals surface area contributed by atoms with Gasteiger partial charge in [-0.1, -0.05) is 13.8 Å². The van der Waals surface area contributed by atoms with Crippen molar-refractivity contribution in [2.45, 2.75) is 45.3 Å². The van der Waals surface area contributed by atoms with E-state index < -0.39 is 5.60 Å². The minimum absolute atomic E-state index is 0.540. The fourth-order valence-electron chi connectivity index (χ4n) is 3.09. The molecule has 0 saturated heterocycles. The Morgan fingerprint density at radius 2 is 2.15 bits per heavy atom. The van der Waals surface area contributed by atoms with Gasteiger partial charge in [-0.3, -0.25) is 4.68 Å². The molecule has 2 rings (SSSR count). The Labute approximate surface area is 130 Å². The van der Waals surface area contributed by atoms with Crippen molar-refractivity contribution in [1.29, 1.82) is 0 Å². The minimum atomic E-state index is -0.742. The molecular weight excluding hydrogens is 318 g/mol. The molecule has 20 heavy (non-hydrogen) atoms. The van der Waals surface area contributed by atoms with Crippen LogP contribution in [-0.4, -0.2) is 40.4 Å². The molecule has 1 heterocycles. The number of rotatable bonds is 4. The summed E-state index contributed by atoms with van der Waals surface area (Å²) in [6.07, 6.45) is 4.53. The first kappa shape index (κ1) is 16.0. The summed E-state index contributed by atoms with van der Waals surface area (Å²) < 4.78 is 2.90. The van der Waals surface area contributed by atoms with Crippen LogP contribution in [0.1, 0.15) is 38.8 Å². The van der Waals surface area contributed by atoms with Crippen LogP contribution in [0.15, 0.2) is 10.7 Å². The molecule has 4 nitrogen and oxygen atoms in total. The summed E-state index contributed by atoms with van der Waals surface area (Å²) in [6, 6.07) is 0. The standard InChI is InChI=1S/C15H26BrN3O/c1-11-5-6-15(20,9-12(11)2)14-13(16)10-17-19(14)8-7-18(3)4/h10-12,20H,5-9H2,1-4H3. The van der Waals surface area contributed by atoms with Crippen LogP contribution in [0.3, 0.4) is 0 Å². The molecule has 0 spiro atoms. The summed E-state index contributed by atoms with van der Waals surface area (Å²) in [4.78, 5) is 2.13. The molecule has 0 aromatic carbocycles. The van der Waals surface area contributed by atoms with Crippen LogP contribution in [0.4, 0.5) is 0 Å². The van der Waals surface area contributed by atoms with E-state index >= 15 is 0 Å². The lowest BCUT2D eigenvalue weighted by Gasteiger charge is -2.39. The van der Waals surface area contributed by atoms with Gasteiger partial charge in [0.25, 0.3) is 0 Å². The Hall–Kier alpha value is -0.390. The molecule has 1 fully saturated rings. The smallest absolute Gasteiger partial charge is 0.108 e. The third-order valence-corrected chi connectivity index (χ3v) is 5.22. The Kier molecular flexibility index (Phi) is 4.92. The summed E-state index contributed by atoms with van der Waals surface area (Å²) in [7, 11) is 4.11. The number of likely N-dealkylation sites (N-methyl/N-ethyl adjacent to an activating group) is 1. The van der Waals surface area contributed by atoms with E-state index in [1.807, 2.05) is 10.9 Å². The van der Waals surface area contributed by atoms with Crippen LogP contribution in [0.25, 0.3) is 0 Å². The molecular formula is C15H26BrN3O. The van der Waals surface area contributed by atoms with Crippen molar-refractivity contribution in [3.05, 3.63) is 16.4 Å². The first-order valence-corrected chi connectivity index (χ1v) is 8.21. The molecule has 1 N–H and O–H groups in total. The van der Waals surface area contributed by atoms with Gasteiger partial charge in [0.05, 0.1) is 22.9 Å². The van der Waals surface area contributed by atoms with E-state index in [4.69, 9.17) is 0 Å². The maximum atomic E-state index is 11.1. The summed E-state index contributed by atoms with van der Waals surface area (Å²) >= 11 is 3.57. The van der Waals surface area contributed by atoms with Crippen LogP contribution in [0, 0.1) is 11.8 Å². The monoisotopic (exact) mass is 343 g/mol. The lowest BCUT2D eigenvalue weighted by atomic mass is 9.72. The largest absolute Gasteiger partial charge is 0.384 e. The van der Waals surface area contributed by atoms with Crippen molar-refractivity contribution in [2.24, 2.45) is 11.8 Å². The van der Waals surface area contributed by atoms with Crippen LogP contribution in [0.5, 0.6) is 0 Å². The zero-order valence-electron chi connectivity index (χ0n) is 12.9. The lowest BCUT2D eigenvalue weighted by molar-refractivity contribution is -0.0412. The molecule has 0 amide bonds. The second kappa shape index (κ2) is 6.16. The van der Waals surface area contributed by atoms with Crippen LogP contribution in [-0.2, 0) is 12.1 Å². The molecule has 1 aromatic heterocycles. The van der Waals surface area contributed by atoms with Crippen molar-refractivity contribution < 1.29 is 5.11 Å². The lowest BCUT2D eigenvalue weighted by Crippen LogP contribution is -2.38. The average molecular weight is 344 g/mol. The maximum Gasteiger partial charge on any atom is 0.108 e. The molecule has 1 saturated carbocycles. The highest BCUT2D eigenvalue weighted by atomic mass is 79.9.